The van der Waals surface area contributed by atoms with Crippen molar-refractivity contribution >= 4 is 12.8 Å². The third-order valence-electron chi connectivity index (χ3n) is 1.31. The zero-order valence-electron chi connectivity index (χ0n) is 9.19. The smallest absolute Gasteiger partial charge is 0.341 e. The van der Waals surface area contributed by atoms with E-state index in [9.17, 15) is 4.79 Å². The number of phenolic OH excluding ortho intramolecular Hbond substituents is 1. The maximum Gasteiger partial charge on any atom is 0.341 e. The molecular weight excluding hydrogens is 196 g/mol. The molecule has 0 amide bonds. The largest absolute Gasteiger partial charge is 0.507 e. The van der Waals surface area contributed by atoms with Crippen LogP contribution in [0.1, 0.15) is 24.2 Å². The molecule has 1 aromatic carbocycles. The number of phenols is 1. The van der Waals surface area contributed by atoms with Crippen LogP contribution < -0.4 is 0 Å². The van der Waals surface area contributed by atoms with Gasteiger partial charge in [0.1, 0.15) is 18.1 Å². The molecular formula is C11H16O4. The van der Waals surface area contributed by atoms with Crippen molar-refractivity contribution < 1.29 is 19.4 Å². The summed E-state index contributed by atoms with van der Waals surface area (Å²) in [4.78, 5) is 18.9. The van der Waals surface area contributed by atoms with Crippen LogP contribution in [0.3, 0.4) is 0 Å². The van der Waals surface area contributed by atoms with E-state index in [-0.39, 0.29) is 11.3 Å². The van der Waals surface area contributed by atoms with Gasteiger partial charge in [-0.25, -0.2) is 4.79 Å². The molecule has 0 aliphatic heterocycles. The first kappa shape index (κ1) is 15.6. The van der Waals surface area contributed by atoms with E-state index in [1.54, 1.807) is 12.1 Å². The SMILES string of the molecule is C=O.CC.COC(=O)c1ccccc1O. The summed E-state index contributed by atoms with van der Waals surface area (Å²) in [5.41, 5.74) is 0.190. The number of para-hydroxylation sites is 1. The van der Waals surface area contributed by atoms with Gasteiger partial charge in [0.25, 0.3) is 0 Å². The van der Waals surface area contributed by atoms with E-state index in [4.69, 9.17) is 9.90 Å². The molecule has 4 heteroatoms. The van der Waals surface area contributed by atoms with Crippen LogP contribution in [0.25, 0.3) is 0 Å². The van der Waals surface area contributed by atoms with Crippen molar-refractivity contribution in [1.29, 1.82) is 0 Å². The molecule has 0 unspecified atom stereocenters. The van der Waals surface area contributed by atoms with E-state index in [0.29, 0.717) is 0 Å². The highest BCUT2D eigenvalue weighted by Gasteiger charge is 2.08. The van der Waals surface area contributed by atoms with Crippen molar-refractivity contribution in [1.82, 2.24) is 0 Å². The zero-order valence-corrected chi connectivity index (χ0v) is 9.19. The Hall–Kier alpha value is -1.84. The Bertz CT molecular complexity index is 284. The molecule has 0 aliphatic carbocycles. The van der Waals surface area contributed by atoms with E-state index in [2.05, 4.69) is 4.74 Å². The highest BCUT2D eigenvalue weighted by Crippen LogP contribution is 2.15. The number of benzene rings is 1. The van der Waals surface area contributed by atoms with Gasteiger partial charge in [0.2, 0.25) is 0 Å². The van der Waals surface area contributed by atoms with Gasteiger partial charge in [-0.05, 0) is 12.1 Å². The normalized spacial score (nSPS) is 7.40. The average Bonchev–Trinajstić information content (AvgIpc) is 2.34. The average molecular weight is 212 g/mol. The molecule has 0 spiro atoms. The Morgan fingerprint density at radius 3 is 2.13 bits per heavy atom. The van der Waals surface area contributed by atoms with Crippen molar-refractivity contribution in [3.8, 4) is 5.75 Å². The van der Waals surface area contributed by atoms with Crippen LogP contribution in [-0.4, -0.2) is 25.0 Å². The lowest BCUT2D eigenvalue weighted by Gasteiger charge is -1.99. The van der Waals surface area contributed by atoms with E-state index < -0.39 is 5.97 Å². The van der Waals surface area contributed by atoms with Gasteiger partial charge in [-0.2, -0.15) is 0 Å². The predicted molar refractivity (Wildman–Crippen MR) is 57.9 cm³/mol. The number of methoxy groups -OCH3 is 1. The van der Waals surface area contributed by atoms with Crippen LogP contribution in [0.2, 0.25) is 0 Å². The number of hydrogen-bond acceptors (Lipinski definition) is 4. The highest BCUT2D eigenvalue weighted by atomic mass is 16.5. The first-order valence-electron chi connectivity index (χ1n) is 4.41. The molecule has 0 aromatic heterocycles. The van der Waals surface area contributed by atoms with Gasteiger partial charge < -0.3 is 14.6 Å². The lowest BCUT2D eigenvalue weighted by Crippen LogP contribution is -2.00. The minimum absolute atomic E-state index is 0.0562. The van der Waals surface area contributed by atoms with Crippen LogP contribution in [0.5, 0.6) is 5.75 Å². The first-order chi connectivity index (χ1) is 7.25. The summed E-state index contributed by atoms with van der Waals surface area (Å²) in [6.07, 6.45) is 0. The fourth-order valence-electron chi connectivity index (χ4n) is 0.756. The van der Waals surface area contributed by atoms with E-state index in [1.165, 1.54) is 19.2 Å². The van der Waals surface area contributed by atoms with Gasteiger partial charge in [0.15, 0.2) is 0 Å². The molecule has 0 atom stereocenters. The van der Waals surface area contributed by atoms with Gasteiger partial charge in [0, 0.05) is 0 Å². The minimum atomic E-state index is -0.525. The van der Waals surface area contributed by atoms with Gasteiger partial charge in [-0.15, -0.1) is 0 Å². The number of carbonyl (C=O) groups excluding carboxylic acids is 2. The molecule has 1 N–H and O–H groups in total. The van der Waals surface area contributed by atoms with Crippen molar-refractivity contribution in [3.63, 3.8) is 0 Å². The van der Waals surface area contributed by atoms with E-state index in [1.807, 2.05) is 20.6 Å². The maximum absolute atomic E-state index is 10.9. The molecule has 1 aromatic rings. The molecule has 0 fully saturated rings. The Kier molecular flexibility index (Phi) is 10.7. The molecule has 1 rings (SSSR count). The number of aromatic hydroxyl groups is 1. The first-order valence-corrected chi connectivity index (χ1v) is 4.41. The molecule has 0 bridgehead atoms. The number of hydrogen-bond donors (Lipinski definition) is 1. The van der Waals surface area contributed by atoms with Gasteiger partial charge in [-0.3, -0.25) is 0 Å². The van der Waals surface area contributed by atoms with E-state index in [0.717, 1.165) is 0 Å². The Balaban J connectivity index is 0. The molecule has 0 aliphatic rings. The van der Waals surface area contributed by atoms with Crippen molar-refractivity contribution in [2.24, 2.45) is 0 Å². The summed E-state index contributed by atoms with van der Waals surface area (Å²) in [7, 11) is 1.27. The summed E-state index contributed by atoms with van der Waals surface area (Å²) in [6.45, 7) is 6.00. The summed E-state index contributed by atoms with van der Waals surface area (Å²) >= 11 is 0. The van der Waals surface area contributed by atoms with Crippen LogP contribution in [0, 0.1) is 0 Å². The van der Waals surface area contributed by atoms with Crippen molar-refractivity contribution in [2.45, 2.75) is 13.8 Å². The lowest BCUT2D eigenvalue weighted by molar-refractivity contribution is -0.0980. The van der Waals surface area contributed by atoms with Crippen LogP contribution in [-0.2, 0) is 9.53 Å². The minimum Gasteiger partial charge on any atom is -0.507 e. The highest BCUT2D eigenvalue weighted by molar-refractivity contribution is 5.92. The van der Waals surface area contributed by atoms with Crippen molar-refractivity contribution in [2.75, 3.05) is 7.11 Å². The second kappa shape index (κ2) is 10.2. The number of ether oxygens (including phenoxy) is 1. The maximum atomic E-state index is 10.9. The van der Waals surface area contributed by atoms with Crippen molar-refractivity contribution in [3.05, 3.63) is 29.8 Å². The van der Waals surface area contributed by atoms with E-state index >= 15 is 0 Å². The van der Waals surface area contributed by atoms with Gasteiger partial charge >= 0.3 is 5.97 Å². The summed E-state index contributed by atoms with van der Waals surface area (Å²) in [5, 5.41) is 9.11. The van der Waals surface area contributed by atoms with Crippen LogP contribution in [0.15, 0.2) is 24.3 Å². The zero-order chi connectivity index (χ0) is 12.3. The third kappa shape index (κ3) is 5.46. The third-order valence-corrected chi connectivity index (χ3v) is 1.31. The monoisotopic (exact) mass is 212 g/mol. The Morgan fingerprint density at radius 2 is 1.73 bits per heavy atom. The van der Waals surface area contributed by atoms with Crippen LogP contribution >= 0.6 is 0 Å². The summed E-state index contributed by atoms with van der Waals surface area (Å²) in [5.74, 6) is -0.581. The van der Waals surface area contributed by atoms with Gasteiger partial charge in [-0.1, -0.05) is 26.0 Å². The second-order valence-electron chi connectivity index (χ2n) is 2.01. The fraction of sp³-hybridized carbons (Fsp3) is 0.273. The Morgan fingerprint density at radius 1 is 1.27 bits per heavy atom. The number of carbonyl (C=O) groups is 2. The summed E-state index contributed by atoms with van der Waals surface area (Å²) < 4.78 is 4.42. The Labute approximate surface area is 89.5 Å². The second-order valence-corrected chi connectivity index (χ2v) is 2.01. The van der Waals surface area contributed by atoms with Gasteiger partial charge in [0.05, 0.1) is 7.11 Å². The summed E-state index contributed by atoms with van der Waals surface area (Å²) in [6, 6.07) is 6.24. The number of rotatable bonds is 1. The standard InChI is InChI=1S/C8H8O3.C2H6.CH2O/c1-11-8(10)6-4-2-3-5-7(6)9;2*1-2/h2-5,9H,1H3;1-2H3;1H2. The molecule has 0 heterocycles. The molecule has 15 heavy (non-hydrogen) atoms. The molecule has 0 saturated carbocycles. The molecule has 84 valence electrons. The molecule has 4 nitrogen and oxygen atoms in total. The number of esters is 1. The molecule has 0 radical (unpaired) electrons. The predicted octanol–water partition coefficient (Wildman–Crippen LogP) is 2.02. The quantitative estimate of drug-likeness (QED) is 0.723. The fourth-order valence-corrected chi connectivity index (χ4v) is 0.756. The lowest BCUT2D eigenvalue weighted by atomic mass is 10.2. The van der Waals surface area contributed by atoms with Crippen LogP contribution in [0.4, 0.5) is 0 Å². The molecule has 0 saturated heterocycles. The topological polar surface area (TPSA) is 63.6 Å².